The summed E-state index contributed by atoms with van der Waals surface area (Å²) in [6, 6.07) is 10.6. The lowest BCUT2D eigenvalue weighted by molar-refractivity contribution is 0.0735. The van der Waals surface area contributed by atoms with E-state index in [1.165, 1.54) is 22.5 Å². The fourth-order valence-corrected chi connectivity index (χ4v) is 4.67. The van der Waals surface area contributed by atoms with E-state index >= 15 is 0 Å². The van der Waals surface area contributed by atoms with Crippen LogP contribution in [0.4, 0.5) is 0 Å². The zero-order valence-electron chi connectivity index (χ0n) is 13.5. The molecule has 0 N–H and O–H groups in total. The molecule has 0 unspecified atom stereocenters. The Bertz CT molecular complexity index is 874. The van der Waals surface area contributed by atoms with Gasteiger partial charge in [0.05, 0.1) is 16.6 Å². The summed E-state index contributed by atoms with van der Waals surface area (Å²) in [6.07, 6.45) is 2.06. The Hall–Kier alpha value is -2.14. The second-order valence-corrected chi connectivity index (χ2v) is 7.24. The van der Waals surface area contributed by atoms with Gasteiger partial charge in [-0.15, -0.1) is 11.3 Å². The average Bonchev–Trinajstić information content (AvgIpc) is 3.22. The number of thiophene rings is 1. The van der Waals surface area contributed by atoms with E-state index in [4.69, 9.17) is 0 Å². The molecule has 0 bridgehead atoms. The van der Waals surface area contributed by atoms with Crippen LogP contribution >= 0.6 is 11.3 Å². The summed E-state index contributed by atoms with van der Waals surface area (Å²) < 4.78 is 1.86. The van der Waals surface area contributed by atoms with Crippen molar-refractivity contribution in [2.75, 3.05) is 7.05 Å². The molecule has 0 saturated heterocycles. The highest BCUT2D eigenvalue weighted by atomic mass is 32.1. The molecule has 1 aliphatic rings. The largest absolute Gasteiger partial charge is 0.334 e. The number of hydrogen-bond acceptors (Lipinski definition) is 3. The molecule has 23 heavy (non-hydrogen) atoms. The third-order valence-corrected chi connectivity index (χ3v) is 5.99. The first-order valence-electron chi connectivity index (χ1n) is 7.84. The highest BCUT2D eigenvalue weighted by Crippen LogP contribution is 2.36. The quantitative estimate of drug-likeness (QED) is 0.720. The molecule has 3 aromatic rings. The van der Waals surface area contributed by atoms with Crippen LogP contribution in [0.2, 0.25) is 0 Å². The summed E-state index contributed by atoms with van der Waals surface area (Å²) in [5.74, 6) is 0.104. The van der Waals surface area contributed by atoms with E-state index in [-0.39, 0.29) is 11.9 Å². The molecule has 0 spiro atoms. The SMILES string of the molecule is Cc1nn(C)c2sc(C(=O)N(C)[C@@H]3CCc4ccccc43)cc12. The smallest absolute Gasteiger partial charge is 0.264 e. The highest BCUT2D eigenvalue weighted by molar-refractivity contribution is 7.20. The van der Waals surface area contributed by atoms with Gasteiger partial charge in [0.15, 0.2) is 0 Å². The summed E-state index contributed by atoms with van der Waals surface area (Å²) in [6.45, 7) is 1.99. The van der Waals surface area contributed by atoms with Crippen molar-refractivity contribution in [3.63, 3.8) is 0 Å². The van der Waals surface area contributed by atoms with Crippen LogP contribution in [0.1, 0.15) is 39.0 Å². The summed E-state index contributed by atoms with van der Waals surface area (Å²) in [5, 5.41) is 5.49. The zero-order valence-corrected chi connectivity index (χ0v) is 14.4. The fraction of sp³-hybridized carbons (Fsp3) is 0.333. The van der Waals surface area contributed by atoms with Crippen molar-refractivity contribution in [2.45, 2.75) is 25.8 Å². The van der Waals surface area contributed by atoms with E-state index in [1.54, 1.807) is 0 Å². The van der Waals surface area contributed by atoms with E-state index < -0.39 is 0 Å². The van der Waals surface area contributed by atoms with Gasteiger partial charge in [-0.05, 0) is 37.0 Å². The van der Waals surface area contributed by atoms with E-state index in [0.717, 1.165) is 33.6 Å². The lowest BCUT2D eigenvalue weighted by atomic mass is 10.1. The second kappa shape index (κ2) is 5.20. The number of hydrogen-bond donors (Lipinski definition) is 0. The first-order valence-corrected chi connectivity index (χ1v) is 8.66. The Kier molecular flexibility index (Phi) is 3.27. The van der Waals surface area contributed by atoms with Crippen molar-refractivity contribution in [2.24, 2.45) is 7.05 Å². The molecule has 4 rings (SSSR count). The van der Waals surface area contributed by atoms with Gasteiger partial charge in [0.25, 0.3) is 5.91 Å². The average molecular weight is 325 g/mol. The highest BCUT2D eigenvalue weighted by Gasteiger charge is 2.29. The van der Waals surface area contributed by atoms with Crippen molar-refractivity contribution in [1.82, 2.24) is 14.7 Å². The number of aryl methyl sites for hydroxylation is 3. The van der Waals surface area contributed by atoms with E-state index in [9.17, 15) is 4.79 Å². The maximum absolute atomic E-state index is 12.9. The Balaban J connectivity index is 1.67. The molecule has 0 fully saturated rings. The van der Waals surface area contributed by atoms with Crippen LogP contribution in [0.3, 0.4) is 0 Å². The Morgan fingerprint density at radius 2 is 2.17 bits per heavy atom. The van der Waals surface area contributed by atoms with Crippen LogP contribution in [-0.4, -0.2) is 27.6 Å². The minimum Gasteiger partial charge on any atom is -0.334 e. The molecule has 0 aliphatic heterocycles. The third kappa shape index (κ3) is 2.18. The Morgan fingerprint density at radius 3 is 2.96 bits per heavy atom. The molecule has 5 heteroatoms. The molecule has 2 heterocycles. The van der Waals surface area contributed by atoms with Gasteiger partial charge >= 0.3 is 0 Å². The van der Waals surface area contributed by atoms with Gasteiger partial charge in [-0.25, -0.2) is 0 Å². The van der Waals surface area contributed by atoms with Crippen molar-refractivity contribution in [3.05, 3.63) is 52.0 Å². The van der Waals surface area contributed by atoms with Gasteiger partial charge in [-0.3, -0.25) is 9.48 Å². The van der Waals surface area contributed by atoms with Crippen molar-refractivity contribution in [1.29, 1.82) is 0 Å². The van der Waals surface area contributed by atoms with Gasteiger partial charge in [0.1, 0.15) is 4.83 Å². The molecular formula is C18H19N3OS. The first-order chi connectivity index (χ1) is 11.1. The molecule has 2 aromatic heterocycles. The minimum absolute atomic E-state index is 0.104. The van der Waals surface area contributed by atoms with Crippen LogP contribution in [0.15, 0.2) is 30.3 Å². The number of carbonyl (C=O) groups is 1. The molecule has 1 amide bonds. The predicted octanol–water partition coefficient (Wildman–Crippen LogP) is 3.70. The number of carbonyl (C=O) groups excluding carboxylic acids is 1. The van der Waals surface area contributed by atoms with Gasteiger partial charge in [-0.1, -0.05) is 24.3 Å². The van der Waals surface area contributed by atoms with Crippen LogP contribution in [0.5, 0.6) is 0 Å². The van der Waals surface area contributed by atoms with Gasteiger partial charge < -0.3 is 4.90 Å². The van der Waals surface area contributed by atoms with Crippen LogP contribution < -0.4 is 0 Å². The number of fused-ring (bicyclic) bond motifs is 2. The summed E-state index contributed by atoms with van der Waals surface area (Å²) in [7, 11) is 3.85. The molecule has 1 aromatic carbocycles. The topological polar surface area (TPSA) is 38.1 Å². The Labute approximate surface area is 139 Å². The predicted molar refractivity (Wildman–Crippen MR) is 92.9 cm³/mol. The Morgan fingerprint density at radius 1 is 1.39 bits per heavy atom. The molecule has 1 atom stereocenters. The first kappa shape index (κ1) is 14.5. The monoisotopic (exact) mass is 325 g/mol. The molecular weight excluding hydrogens is 306 g/mol. The van der Waals surface area contributed by atoms with Crippen LogP contribution in [0, 0.1) is 6.92 Å². The molecule has 1 aliphatic carbocycles. The van der Waals surface area contributed by atoms with Crippen molar-refractivity contribution < 1.29 is 4.79 Å². The maximum Gasteiger partial charge on any atom is 0.264 e. The maximum atomic E-state index is 12.9. The molecule has 0 radical (unpaired) electrons. The molecule has 0 saturated carbocycles. The van der Waals surface area contributed by atoms with Gasteiger partial charge in [0, 0.05) is 19.5 Å². The summed E-state index contributed by atoms with van der Waals surface area (Å²) in [5.41, 5.74) is 3.64. The lowest BCUT2D eigenvalue weighted by Gasteiger charge is -2.25. The summed E-state index contributed by atoms with van der Waals surface area (Å²) >= 11 is 1.53. The number of aromatic nitrogens is 2. The van der Waals surface area contributed by atoms with E-state index in [0.29, 0.717) is 0 Å². The third-order valence-electron chi connectivity index (χ3n) is 4.80. The van der Waals surface area contributed by atoms with Crippen molar-refractivity contribution >= 4 is 27.5 Å². The zero-order chi connectivity index (χ0) is 16.1. The fourth-order valence-electron chi connectivity index (χ4n) is 3.56. The van der Waals surface area contributed by atoms with Gasteiger partial charge in [0.2, 0.25) is 0 Å². The molecule has 118 valence electrons. The van der Waals surface area contributed by atoms with E-state index in [2.05, 4.69) is 29.4 Å². The van der Waals surface area contributed by atoms with E-state index in [1.807, 2.05) is 36.7 Å². The number of rotatable bonds is 2. The number of benzene rings is 1. The standard InChI is InChI=1S/C18H19N3OS/c1-11-14-10-16(23-18(14)21(3)19-11)17(22)20(2)15-9-8-12-6-4-5-7-13(12)15/h4-7,10,15H,8-9H2,1-3H3/t15-/m1/s1. The minimum atomic E-state index is 0.104. The van der Waals surface area contributed by atoms with Crippen molar-refractivity contribution in [3.8, 4) is 0 Å². The van der Waals surface area contributed by atoms with Crippen LogP contribution in [0.25, 0.3) is 10.2 Å². The van der Waals surface area contributed by atoms with Gasteiger partial charge in [-0.2, -0.15) is 5.10 Å². The summed E-state index contributed by atoms with van der Waals surface area (Å²) in [4.78, 5) is 16.7. The normalized spacial score (nSPS) is 16.7. The number of amides is 1. The second-order valence-electron chi connectivity index (χ2n) is 6.21. The lowest BCUT2D eigenvalue weighted by Crippen LogP contribution is -2.29. The number of nitrogens with zero attached hydrogens (tertiary/aromatic N) is 3. The molecule has 4 nitrogen and oxygen atoms in total. The van der Waals surface area contributed by atoms with Crippen LogP contribution in [-0.2, 0) is 13.5 Å².